The summed E-state index contributed by atoms with van der Waals surface area (Å²) < 4.78 is 5.37. The smallest absolute Gasteiger partial charge is 0.224 e. The summed E-state index contributed by atoms with van der Waals surface area (Å²) in [6, 6.07) is 0. The predicted molar refractivity (Wildman–Crippen MR) is 71.2 cm³/mol. The van der Waals surface area contributed by atoms with Gasteiger partial charge in [-0.05, 0) is 26.2 Å². The summed E-state index contributed by atoms with van der Waals surface area (Å²) in [4.78, 5) is 14.3. The van der Waals surface area contributed by atoms with Crippen molar-refractivity contribution in [1.29, 1.82) is 0 Å². The van der Waals surface area contributed by atoms with E-state index in [2.05, 4.69) is 0 Å². The van der Waals surface area contributed by atoms with Crippen molar-refractivity contribution in [3.05, 3.63) is 0 Å². The number of ether oxygens (including phenoxy) is 1. The number of hydrogen-bond donors (Lipinski definition) is 1. The molecule has 1 saturated carbocycles. The number of carbonyl (C=O) groups is 1. The zero-order valence-electron chi connectivity index (χ0n) is 11.5. The van der Waals surface area contributed by atoms with E-state index in [9.17, 15) is 4.79 Å². The van der Waals surface area contributed by atoms with Crippen LogP contribution in [-0.4, -0.2) is 42.6 Å². The lowest BCUT2D eigenvalue weighted by Gasteiger charge is -2.29. The Balaban J connectivity index is 1.84. The van der Waals surface area contributed by atoms with Crippen LogP contribution < -0.4 is 5.73 Å². The highest BCUT2D eigenvalue weighted by atomic mass is 16.5. The van der Waals surface area contributed by atoms with Crippen LogP contribution in [0, 0.1) is 5.92 Å². The van der Waals surface area contributed by atoms with Crippen molar-refractivity contribution in [3.63, 3.8) is 0 Å². The van der Waals surface area contributed by atoms with Crippen molar-refractivity contribution >= 4 is 5.91 Å². The number of amides is 1. The summed E-state index contributed by atoms with van der Waals surface area (Å²) >= 11 is 0. The molecule has 1 saturated heterocycles. The van der Waals surface area contributed by atoms with Crippen LogP contribution >= 0.6 is 0 Å². The van der Waals surface area contributed by atoms with Crippen LogP contribution in [0.5, 0.6) is 0 Å². The molecule has 4 nitrogen and oxygen atoms in total. The Bertz CT molecular complexity index is 282. The summed E-state index contributed by atoms with van der Waals surface area (Å²) in [5.74, 6) is 0.750. The summed E-state index contributed by atoms with van der Waals surface area (Å²) in [5.41, 5.74) is 6.06. The minimum atomic E-state index is -0.226. The van der Waals surface area contributed by atoms with Crippen molar-refractivity contribution < 1.29 is 9.53 Å². The van der Waals surface area contributed by atoms with Gasteiger partial charge in [0, 0.05) is 37.6 Å². The maximum atomic E-state index is 12.3. The Morgan fingerprint density at radius 3 is 2.72 bits per heavy atom. The topological polar surface area (TPSA) is 55.6 Å². The molecule has 0 aromatic heterocycles. The van der Waals surface area contributed by atoms with Gasteiger partial charge < -0.3 is 15.4 Å². The molecule has 0 aromatic carbocycles. The van der Waals surface area contributed by atoms with E-state index in [0.717, 1.165) is 45.6 Å². The lowest BCUT2D eigenvalue weighted by Crippen LogP contribution is -2.44. The van der Waals surface area contributed by atoms with E-state index in [1.54, 1.807) is 0 Å². The quantitative estimate of drug-likeness (QED) is 0.809. The molecule has 1 amide bonds. The van der Waals surface area contributed by atoms with E-state index in [4.69, 9.17) is 10.5 Å². The van der Waals surface area contributed by atoms with E-state index in [0.29, 0.717) is 12.3 Å². The molecule has 1 aliphatic carbocycles. The first-order valence-electron chi connectivity index (χ1n) is 7.27. The van der Waals surface area contributed by atoms with Gasteiger partial charge in [-0.1, -0.05) is 12.8 Å². The second-order valence-electron chi connectivity index (χ2n) is 5.91. The Hall–Kier alpha value is -0.610. The second-order valence-corrected chi connectivity index (χ2v) is 5.91. The van der Waals surface area contributed by atoms with E-state index in [1.165, 1.54) is 12.8 Å². The molecular formula is C14H26N2O2. The first kappa shape index (κ1) is 13.8. The summed E-state index contributed by atoms with van der Waals surface area (Å²) in [6.07, 6.45) is 5.95. The Labute approximate surface area is 110 Å². The molecule has 104 valence electrons. The van der Waals surface area contributed by atoms with Gasteiger partial charge in [0.05, 0.1) is 6.61 Å². The van der Waals surface area contributed by atoms with Crippen LogP contribution in [0.15, 0.2) is 0 Å². The lowest BCUT2D eigenvalue weighted by molar-refractivity contribution is -0.132. The van der Waals surface area contributed by atoms with Gasteiger partial charge in [-0.3, -0.25) is 4.79 Å². The van der Waals surface area contributed by atoms with Crippen molar-refractivity contribution in [1.82, 2.24) is 4.90 Å². The van der Waals surface area contributed by atoms with Gasteiger partial charge in [-0.2, -0.15) is 0 Å². The fourth-order valence-electron chi connectivity index (χ4n) is 3.12. The van der Waals surface area contributed by atoms with E-state index in [-0.39, 0.29) is 11.4 Å². The normalized spacial score (nSPS) is 26.4. The molecule has 2 rings (SSSR count). The van der Waals surface area contributed by atoms with Crippen LogP contribution in [0.3, 0.4) is 0 Å². The van der Waals surface area contributed by atoms with E-state index in [1.807, 2.05) is 11.8 Å². The molecule has 2 fully saturated rings. The second kappa shape index (κ2) is 6.02. The van der Waals surface area contributed by atoms with Crippen molar-refractivity contribution in [2.45, 2.75) is 51.0 Å². The van der Waals surface area contributed by atoms with Crippen molar-refractivity contribution in [3.8, 4) is 0 Å². The number of rotatable bonds is 5. The fraction of sp³-hybridized carbons (Fsp3) is 0.929. The predicted octanol–water partition coefficient (Wildman–Crippen LogP) is 1.53. The van der Waals surface area contributed by atoms with Crippen LogP contribution in [0.25, 0.3) is 0 Å². The van der Waals surface area contributed by atoms with Gasteiger partial charge in [-0.15, -0.1) is 0 Å². The zero-order chi connectivity index (χ0) is 13.0. The van der Waals surface area contributed by atoms with Crippen molar-refractivity contribution in [2.24, 2.45) is 11.7 Å². The Kier molecular flexibility index (Phi) is 4.62. The molecule has 0 aromatic rings. The number of nitrogens with two attached hydrogens (primary N) is 1. The van der Waals surface area contributed by atoms with Gasteiger partial charge in [0.1, 0.15) is 0 Å². The molecule has 1 atom stereocenters. The molecule has 1 unspecified atom stereocenters. The first-order chi connectivity index (χ1) is 8.63. The van der Waals surface area contributed by atoms with Crippen LogP contribution in [0.4, 0.5) is 0 Å². The van der Waals surface area contributed by atoms with Crippen molar-refractivity contribution in [2.75, 3.05) is 26.3 Å². The number of hydrogen-bond acceptors (Lipinski definition) is 3. The molecule has 1 heterocycles. The number of carbonyl (C=O) groups excluding carboxylic acids is 1. The standard InChI is InChI=1S/C14H26N2O2/c1-2-16(10-12-5-8-18-11-12)13(17)9-14(15)6-3-4-7-14/h12H,2-11,15H2,1H3. The van der Waals surface area contributed by atoms with Crippen LogP contribution in [-0.2, 0) is 9.53 Å². The molecule has 4 heteroatoms. The van der Waals surface area contributed by atoms with Gasteiger partial charge in [0.15, 0.2) is 0 Å². The SMILES string of the molecule is CCN(CC1CCOC1)C(=O)CC1(N)CCCC1. The highest BCUT2D eigenvalue weighted by molar-refractivity contribution is 5.77. The molecule has 0 radical (unpaired) electrons. The molecule has 2 aliphatic rings. The minimum Gasteiger partial charge on any atom is -0.381 e. The zero-order valence-corrected chi connectivity index (χ0v) is 11.5. The van der Waals surface area contributed by atoms with Gasteiger partial charge in [0.2, 0.25) is 5.91 Å². The highest BCUT2D eigenvalue weighted by Gasteiger charge is 2.33. The number of nitrogens with zero attached hydrogens (tertiary/aromatic N) is 1. The lowest BCUT2D eigenvalue weighted by atomic mass is 9.94. The van der Waals surface area contributed by atoms with E-state index < -0.39 is 0 Å². The highest BCUT2D eigenvalue weighted by Crippen LogP contribution is 2.30. The largest absolute Gasteiger partial charge is 0.381 e. The molecule has 0 spiro atoms. The van der Waals surface area contributed by atoms with Gasteiger partial charge in [-0.25, -0.2) is 0 Å². The molecule has 0 bridgehead atoms. The summed E-state index contributed by atoms with van der Waals surface area (Å²) in [6.45, 7) is 5.32. The van der Waals surface area contributed by atoms with Crippen LogP contribution in [0.2, 0.25) is 0 Å². The third-order valence-electron chi connectivity index (χ3n) is 4.34. The van der Waals surface area contributed by atoms with E-state index >= 15 is 0 Å². The fourth-order valence-corrected chi connectivity index (χ4v) is 3.12. The summed E-state index contributed by atoms with van der Waals surface area (Å²) in [7, 11) is 0. The summed E-state index contributed by atoms with van der Waals surface area (Å²) in [5, 5.41) is 0. The molecule has 1 aliphatic heterocycles. The average Bonchev–Trinajstić information content (AvgIpc) is 2.97. The average molecular weight is 254 g/mol. The molecule has 18 heavy (non-hydrogen) atoms. The van der Waals surface area contributed by atoms with Gasteiger partial charge in [0.25, 0.3) is 0 Å². The third kappa shape index (κ3) is 3.45. The maximum absolute atomic E-state index is 12.3. The van der Waals surface area contributed by atoms with Crippen LogP contribution in [0.1, 0.15) is 45.4 Å². The maximum Gasteiger partial charge on any atom is 0.224 e. The molecular weight excluding hydrogens is 228 g/mol. The minimum absolute atomic E-state index is 0.226. The first-order valence-corrected chi connectivity index (χ1v) is 7.27. The Morgan fingerprint density at radius 2 is 2.17 bits per heavy atom. The molecule has 2 N–H and O–H groups in total. The Morgan fingerprint density at radius 1 is 1.44 bits per heavy atom. The van der Waals surface area contributed by atoms with Gasteiger partial charge >= 0.3 is 0 Å². The monoisotopic (exact) mass is 254 g/mol. The third-order valence-corrected chi connectivity index (χ3v) is 4.34.